The molecule has 1 aliphatic heterocycles. The van der Waals surface area contributed by atoms with Crippen LogP contribution < -0.4 is 9.47 Å². The third kappa shape index (κ3) is 2.68. The quantitative estimate of drug-likeness (QED) is 0.874. The average Bonchev–Trinajstić information content (AvgIpc) is 2.80. The van der Waals surface area contributed by atoms with Gasteiger partial charge in [-0.1, -0.05) is 6.07 Å². The van der Waals surface area contributed by atoms with Crippen LogP contribution in [-0.2, 0) is 16.1 Å². The number of carboxylic acid groups (broad SMARTS) is 1. The summed E-state index contributed by atoms with van der Waals surface area (Å²) in [5, 5.41) is 8.99. The van der Waals surface area contributed by atoms with Gasteiger partial charge in [-0.15, -0.1) is 0 Å². The Morgan fingerprint density at radius 2 is 1.95 bits per heavy atom. The fourth-order valence-corrected chi connectivity index (χ4v) is 2.37. The zero-order chi connectivity index (χ0) is 14.7. The van der Waals surface area contributed by atoms with Gasteiger partial charge in [0.1, 0.15) is 11.5 Å². The lowest BCUT2D eigenvalue weighted by atomic mass is 10.1. The van der Waals surface area contributed by atoms with Crippen LogP contribution in [0.2, 0.25) is 0 Å². The Kier molecular flexibility index (Phi) is 4.12. The normalized spacial score (nSPS) is 18.2. The van der Waals surface area contributed by atoms with Gasteiger partial charge in [0.15, 0.2) is 0 Å². The van der Waals surface area contributed by atoms with Crippen molar-refractivity contribution in [3.63, 3.8) is 0 Å². The van der Waals surface area contributed by atoms with Gasteiger partial charge in [-0.3, -0.25) is 9.59 Å². The molecule has 20 heavy (non-hydrogen) atoms. The number of nitrogens with zero attached hydrogens (tertiary/aromatic N) is 1. The highest BCUT2D eigenvalue weighted by atomic mass is 16.5. The number of carbonyl (C=O) groups excluding carboxylic acids is 1. The van der Waals surface area contributed by atoms with Gasteiger partial charge in [0.05, 0.1) is 32.2 Å². The molecule has 0 aromatic heterocycles. The van der Waals surface area contributed by atoms with Crippen molar-refractivity contribution in [2.45, 2.75) is 13.0 Å². The van der Waals surface area contributed by atoms with E-state index in [1.165, 1.54) is 4.90 Å². The molecule has 6 heteroatoms. The third-order valence-electron chi connectivity index (χ3n) is 3.44. The highest BCUT2D eigenvalue weighted by Crippen LogP contribution is 2.31. The number of carbonyl (C=O) groups is 2. The molecule has 0 spiro atoms. The summed E-state index contributed by atoms with van der Waals surface area (Å²) in [6.45, 7) is 0.505. The second-order valence-electron chi connectivity index (χ2n) is 4.65. The van der Waals surface area contributed by atoms with Gasteiger partial charge >= 0.3 is 5.97 Å². The maximum atomic E-state index is 11.9. The third-order valence-corrected chi connectivity index (χ3v) is 3.44. The number of hydrogen-bond donors (Lipinski definition) is 1. The van der Waals surface area contributed by atoms with E-state index in [1.54, 1.807) is 32.4 Å². The van der Waals surface area contributed by atoms with Crippen LogP contribution in [0.15, 0.2) is 18.2 Å². The molecule has 0 bridgehead atoms. The standard InChI is InChI=1S/C14H17NO5/c1-19-11-4-3-5-12(20-2)10(11)8-15-7-9(14(17)18)6-13(15)16/h3-5,9H,6-8H2,1-2H3,(H,17,18)/t9-/m1/s1. The van der Waals surface area contributed by atoms with E-state index in [4.69, 9.17) is 14.6 Å². The number of likely N-dealkylation sites (tertiary alicyclic amines) is 1. The second kappa shape index (κ2) is 5.81. The molecular formula is C14H17NO5. The Labute approximate surface area is 116 Å². The van der Waals surface area contributed by atoms with Crippen molar-refractivity contribution >= 4 is 11.9 Å². The number of amides is 1. The summed E-state index contributed by atoms with van der Waals surface area (Å²) in [4.78, 5) is 24.4. The van der Waals surface area contributed by atoms with Crippen LogP contribution in [0, 0.1) is 5.92 Å². The van der Waals surface area contributed by atoms with E-state index in [-0.39, 0.29) is 25.4 Å². The Balaban J connectivity index is 2.22. The summed E-state index contributed by atoms with van der Waals surface area (Å²) in [6.07, 6.45) is 0.0484. The second-order valence-corrected chi connectivity index (χ2v) is 4.65. The van der Waals surface area contributed by atoms with Gasteiger partial charge in [-0.05, 0) is 12.1 Å². The lowest BCUT2D eigenvalue weighted by Gasteiger charge is -2.20. The summed E-state index contributed by atoms with van der Waals surface area (Å²) in [5.41, 5.74) is 0.747. The Morgan fingerprint density at radius 3 is 2.40 bits per heavy atom. The van der Waals surface area contributed by atoms with Crippen molar-refractivity contribution in [3.8, 4) is 11.5 Å². The Hall–Kier alpha value is -2.24. The molecule has 1 saturated heterocycles. The van der Waals surface area contributed by atoms with Gasteiger partial charge in [-0.2, -0.15) is 0 Å². The molecule has 6 nitrogen and oxygen atoms in total. The summed E-state index contributed by atoms with van der Waals surface area (Å²) in [6, 6.07) is 5.37. The zero-order valence-electron chi connectivity index (χ0n) is 11.5. The van der Waals surface area contributed by atoms with Crippen molar-refractivity contribution in [1.82, 2.24) is 4.90 Å². The molecule has 1 N–H and O–H groups in total. The molecule has 1 fully saturated rings. The number of aliphatic carboxylic acids is 1. The summed E-state index contributed by atoms with van der Waals surface area (Å²) >= 11 is 0. The summed E-state index contributed by atoms with van der Waals surface area (Å²) in [5.74, 6) is -0.492. The SMILES string of the molecule is COc1cccc(OC)c1CN1C[C@H](C(=O)O)CC1=O. The van der Waals surface area contributed by atoms with Crippen molar-refractivity contribution in [3.05, 3.63) is 23.8 Å². The van der Waals surface area contributed by atoms with Crippen LogP contribution in [0.3, 0.4) is 0 Å². The molecule has 1 heterocycles. The first-order valence-electron chi connectivity index (χ1n) is 6.27. The number of methoxy groups -OCH3 is 2. The Morgan fingerprint density at radius 1 is 1.35 bits per heavy atom. The van der Waals surface area contributed by atoms with Gasteiger partial charge < -0.3 is 19.5 Å². The monoisotopic (exact) mass is 279 g/mol. The molecular weight excluding hydrogens is 262 g/mol. The predicted molar refractivity (Wildman–Crippen MR) is 70.7 cm³/mol. The molecule has 1 atom stereocenters. The van der Waals surface area contributed by atoms with E-state index in [2.05, 4.69) is 0 Å². The fourth-order valence-electron chi connectivity index (χ4n) is 2.37. The van der Waals surface area contributed by atoms with Crippen molar-refractivity contribution in [1.29, 1.82) is 0 Å². The molecule has 0 saturated carbocycles. The van der Waals surface area contributed by atoms with E-state index in [9.17, 15) is 9.59 Å². The average molecular weight is 279 g/mol. The minimum Gasteiger partial charge on any atom is -0.496 e. The number of carboxylic acids is 1. The summed E-state index contributed by atoms with van der Waals surface area (Å²) in [7, 11) is 3.09. The highest BCUT2D eigenvalue weighted by Gasteiger charge is 2.34. The first-order chi connectivity index (χ1) is 9.56. The van der Waals surface area contributed by atoms with Crippen LogP contribution in [-0.4, -0.2) is 42.6 Å². The fraction of sp³-hybridized carbons (Fsp3) is 0.429. The topological polar surface area (TPSA) is 76.1 Å². The smallest absolute Gasteiger partial charge is 0.308 e. The van der Waals surface area contributed by atoms with E-state index >= 15 is 0 Å². The Bertz CT molecular complexity index is 506. The molecule has 108 valence electrons. The first-order valence-corrected chi connectivity index (χ1v) is 6.27. The van der Waals surface area contributed by atoms with Crippen molar-refractivity contribution in [2.24, 2.45) is 5.92 Å². The molecule has 1 aliphatic rings. The number of ether oxygens (including phenoxy) is 2. The zero-order valence-corrected chi connectivity index (χ0v) is 11.5. The van der Waals surface area contributed by atoms with Crippen molar-refractivity contribution < 1.29 is 24.2 Å². The van der Waals surface area contributed by atoms with Crippen LogP contribution in [0.1, 0.15) is 12.0 Å². The minimum absolute atomic E-state index is 0.0484. The molecule has 1 aromatic carbocycles. The van der Waals surface area contributed by atoms with E-state index in [0.29, 0.717) is 11.5 Å². The van der Waals surface area contributed by atoms with Gasteiger partial charge in [0.2, 0.25) is 5.91 Å². The number of benzene rings is 1. The maximum absolute atomic E-state index is 11.9. The maximum Gasteiger partial charge on any atom is 0.308 e. The van der Waals surface area contributed by atoms with E-state index in [1.807, 2.05) is 0 Å². The minimum atomic E-state index is -0.937. The largest absolute Gasteiger partial charge is 0.496 e. The lowest BCUT2D eigenvalue weighted by Crippen LogP contribution is -2.26. The molecule has 0 aliphatic carbocycles. The molecule has 1 amide bonds. The van der Waals surface area contributed by atoms with Gasteiger partial charge in [0, 0.05) is 13.0 Å². The highest BCUT2D eigenvalue weighted by molar-refractivity contribution is 5.86. The van der Waals surface area contributed by atoms with E-state index < -0.39 is 11.9 Å². The number of rotatable bonds is 5. The molecule has 0 radical (unpaired) electrons. The number of hydrogen-bond acceptors (Lipinski definition) is 4. The van der Waals surface area contributed by atoms with Gasteiger partial charge in [-0.25, -0.2) is 0 Å². The van der Waals surface area contributed by atoms with Crippen molar-refractivity contribution in [2.75, 3.05) is 20.8 Å². The van der Waals surface area contributed by atoms with Crippen LogP contribution in [0.4, 0.5) is 0 Å². The summed E-state index contributed by atoms with van der Waals surface area (Å²) < 4.78 is 10.5. The van der Waals surface area contributed by atoms with Crippen LogP contribution >= 0.6 is 0 Å². The van der Waals surface area contributed by atoms with Gasteiger partial charge in [0.25, 0.3) is 0 Å². The molecule has 2 rings (SSSR count). The lowest BCUT2D eigenvalue weighted by molar-refractivity contribution is -0.141. The molecule has 0 unspecified atom stereocenters. The van der Waals surface area contributed by atoms with Crippen LogP contribution in [0.25, 0.3) is 0 Å². The predicted octanol–water partition coefficient (Wildman–Crippen LogP) is 1.14. The molecule has 1 aromatic rings. The van der Waals surface area contributed by atoms with E-state index in [0.717, 1.165) is 5.56 Å². The first kappa shape index (κ1) is 14.2. The van der Waals surface area contributed by atoms with Crippen LogP contribution in [0.5, 0.6) is 11.5 Å².